The third-order valence-electron chi connectivity index (χ3n) is 5.56. The average Bonchev–Trinajstić information content (AvgIpc) is 3.17. The van der Waals surface area contributed by atoms with Gasteiger partial charge in [0.2, 0.25) is 0 Å². The van der Waals surface area contributed by atoms with E-state index in [1.807, 2.05) is 25.1 Å². The van der Waals surface area contributed by atoms with Crippen LogP contribution < -0.4 is 10.3 Å². The number of benzene rings is 1. The molecule has 2 aromatic heterocycles. The molecule has 5 rings (SSSR count). The van der Waals surface area contributed by atoms with E-state index in [0.29, 0.717) is 40.1 Å². The first-order chi connectivity index (χ1) is 14.6. The zero-order chi connectivity index (χ0) is 20.7. The van der Waals surface area contributed by atoms with Crippen molar-refractivity contribution in [2.45, 2.75) is 44.2 Å². The number of carbonyl (C=O) groups is 1. The van der Waals surface area contributed by atoms with Crippen LogP contribution in [-0.4, -0.2) is 39.1 Å². The number of rotatable bonds is 5. The van der Waals surface area contributed by atoms with Gasteiger partial charge in [-0.1, -0.05) is 29.5 Å². The molecule has 2 fully saturated rings. The van der Waals surface area contributed by atoms with Crippen molar-refractivity contribution in [2.75, 3.05) is 13.2 Å². The lowest BCUT2D eigenvalue weighted by atomic mass is 10.2. The van der Waals surface area contributed by atoms with Crippen LogP contribution in [0.5, 0.6) is 5.75 Å². The topological polar surface area (TPSA) is 97.4 Å². The van der Waals surface area contributed by atoms with E-state index < -0.39 is 11.7 Å². The number of aromatic amines is 1. The number of nitrogens with zero attached hydrogens (tertiary/aromatic N) is 3. The molecule has 8 nitrogen and oxygen atoms in total. The summed E-state index contributed by atoms with van der Waals surface area (Å²) in [6.45, 7) is 3.09. The number of fused-ring (bicyclic) bond motifs is 1. The number of hydrogen-bond donors (Lipinski definition) is 1. The SMILES string of the molecule is CCOC1(c2nc3sc([C@H]4CCCN4C(=O)Oc4ccccc4)nc3c(=O)[nH]2)CC1. The van der Waals surface area contributed by atoms with Gasteiger partial charge < -0.3 is 14.5 Å². The number of para-hydroxylation sites is 1. The molecule has 0 radical (unpaired) electrons. The molecule has 9 heteroatoms. The highest BCUT2D eigenvalue weighted by atomic mass is 32.1. The van der Waals surface area contributed by atoms with E-state index in [1.54, 1.807) is 17.0 Å². The Balaban J connectivity index is 1.43. The fraction of sp³-hybridized carbons (Fsp3) is 0.429. The smallest absolute Gasteiger partial charge is 0.410 e. The number of ether oxygens (including phenoxy) is 2. The fourth-order valence-electron chi connectivity index (χ4n) is 3.94. The van der Waals surface area contributed by atoms with Gasteiger partial charge in [-0.25, -0.2) is 14.8 Å². The van der Waals surface area contributed by atoms with Gasteiger partial charge in [0.05, 0.1) is 6.04 Å². The molecule has 3 aromatic rings. The molecule has 0 bridgehead atoms. The Kier molecular flexibility index (Phi) is 4.79. The summed E-state index contributed by atoms with van der Waals surface area (Å²) < 4.78 is 11.3. The lowest BCUT2D eigenvalue weighted by molar-refractivity contribution is 0.0330. The maximum absolute atomic E-state index is 12.7. The molecule has 1 saturated heterocycles. The minimum atomic E-state index is -0.467. The summed E-state index contributed by atoms with van der Waals surface area (Å²) in [7, 11) is 0. The highest BCUT2D eigenvalue weighted by molar-refractivity contribution is 7.18. The Bertz CT molecular complexity index is 1140. The number of hydrogen-bond acceptors (Lipinski definition) is 7. The number of thiazole rings is 1. The highest BCUT2D eigenvalue weighted by Gasteiger charge is 2.48. The molecule has 2 aliphatic rings. The Morgan fingerprint density at radius 3 is 2.83 bits per heavy atom. The molecule has 30 heavy (non-hydrogen) atoms. The number of carbonyl (C=O) groups excluding carboxylic acids is 1. The van der Waals surface area contributed by atoms with Gasteiger partial charge in [-0.3, -0.25) is 9.69 Å². The first-order valence-corrected chi connectivity index (χ1v) is 11.0. The minimum absolute atomic E-state index is 0.218. The van der Waals surface area contributed by atoms with Crippen molar-refractivity contribution >= 4 is 27.8 Å². The quantitative estimate of drug-likeness (QED) is 0.667. The maximum atomic E-state index is 12.7. The van der Waals surface area contributed by atoms with Gasteiger partial charge in [-0.2, -0.15) is 0 Å². The normalized spacial score (nSPS) is 19.9. The third kappa shape index (κ3) is 3.37. The average molecular weight is 426 g/mol. The van der Waals surface area contributed by atoms with Crippen LogP contribution in [0.4, 0.5) is 4.79 Å². The minimum Gasteiger partial charge on any atom is -0.410 e. The Hall–Kier alpha value is -2.78. The number of amides is 1. The standard InChI is InChI=1S/C21H22N4O4S/c1-2-28-21(10-11-21)19-23-16(26)15-18(24-19)30-17(22-15)14-9-6-12-25(14)20(27)29-13-7-4-3-5-8-13/h3-5,7-8,14H,2,6,9-12H2,1H3,(H,23,24,26)/t14-/m1/s1. The second-order valence-electron chi connectivity index (χ2n) is 7.58. The zero-order valence-electron chi connectivity index (χ0n) is 16.6. The summed E-state index contributed by atoms with van der Waals surface area (Å²) in [5.74, 6) is 1.08. The Labute approximate surface area is 176 Å². The number of nitrogens with one attached hydrogen (secondary N) is 1. The molecule has 0 spiro atoms. The molecule has 0 unspecified atom stereocenters. The lowest BCUT2D eigenvalue weighted by Crippen LogP contribution is -2.33. The predicted octanol–water partition coefficient (Wildman–Crippen LogP) is 3.74. The van der Waals surface area contributed by atoms with Crippen LogP contribution in [0.1, 0.15) is 49.5 Å². The van der Waals surface area contributed by atoms with E-state index in [9.17, 15) is 9.59 Å². The van der Waals surface area contributed by atoms with E-state index in [0.717, 1.165) is 25.7 Å². The number of aromatic nitrogens is 3. The van der Waals surface area contributed by atoms with Crippen LogP contribution in [0.15, 0.2) is 35.1 Å². The van der Waals surface area contributed by atoms with Crippen molar-refractivity contribution in [1.82, 2.24) is 19.9 Å². The molecule has 1 aliphatic heterocycles. The molecular weight excluding hydrogens is 404 g/mol. The molecule has 1 aliphatic carbocycles. The van der Waals surface area contributed by atoms with E-state index in [-0.39, 0.29) is 11.6 Å². The van der Waals surface area contributed by atoms with Crippen LogP contribution in [0.3, 0.4) is 0 Å². The highest BCUT2D eigenvalue weighted by Crippen LogP contribution is 2.47. The molecule has 1 aromatic carbocycles. The van der Waals surface area contributed by atoms with Crippen molar-refractivity contribution in [3.05, 3.63) is 51.5 Å². The summed E-state index contributed by atoms with van der Waals surface area (Å²) >= 11 is 1.37. The Morgan fingerprint density at radius 1 is 1.30 bits per heavy atom. The first kappa shape index (κ1) is 19.2. The molecule has 1 atom stereocenters. The summed E-state index contributed by atoms with van der Waals surface area (Å²) in [6, 6.07) is 8.79. The van der Waals surface area contributed by atoms with Crippen molar-refractivity contribution in [3.8, 4) is 5.75 Å². The summed E-state index contributed by atoms with van der Waals surface area (Å²) in [5.41, 5.74) is -0.417. The van der Waals surface area contributed by atoms with Crippen molar-refractivity contribution < 1.29 is 14.3 Å². The van der Waals surface area contributed by atoms with Gasteiger partial charge in [-0.05, 0) is 44.7 Å². The fourth-order valence-corrected chi connectivity index (χ4v) is 5.02. The van der Waals surface area contributed by atoms with E-state index in [2.05, 4.69) is 15.0 Å². The van der Waals surface area contributed by atoms with E-state index in [1.165, 1.54) is 11.3 Å². The third-order valence-corrected chi connectivity index (χ3v) is 6.61. The zero-order valence-corrected chi connectivity index (χ0v) is 17.4. The molecule has 1 amide bonds. The van der Waals surface area contributed by atoms with Crippen LogP contribution in [0.2, 0.25) is 0 Å². The molecule has 3 heterocycles. The number of H-pyrrole nitrogens is 1. The molecule has 1 saturated carbocycles. The van der Waals surface area contributed by atoms with Crippen LogP contribution in [0.25, 0.3) is 10.3 Å². The lowest BCUT2D eigenvalue weighted by Gasteiger charge is -2.22. The predicted molar refractivity (Wildman–Crippen MR) is 112 cm³/mol. The molecular formula is C21H22N4O4S. The van der Waals surface area contributed by atoms with Crippen molar-refractivity contribution in [1.29, 1.82) is 0 Å². The van der Waals surface area contributed by atoms with Gasteiger partial charge in [0.25, 0.3) is 5.56 Å². The van der Waals surface area contributed by atoms with Crippen molar-refractivity contribution in [2.24, 2.45) is 0 Å². The molecule has 1 N–H and O–H groups in total. The van der Waals surface area contributed by atoms with Crippen LogP contribution in [-0.2, 0) is 10.3 Å². The van der Waals surface area contributed by atoms with Gasteiger partial charge in [-0.15, -0.1) is 0 Å². The monoisotopic (exact) mass is 426 g/mol. The molecule has 156 valence electrons. The Morgan fingerprint density at radius 2 is 2.10 bits per heavy atom. The summed E-state index contributed by atoms with van der Waals surface area (Å²) in [6.07, 6.45) is 2.93. The van der Waals surface area contributed by atoms with Crippen molar-refractivity contribution in [3.63, 3.8) is 0 Å². The first-order valence-electron chi connectivity index (χ1n) is 10.2. The second kappa shape index (κ2) is 7.48. The number of likely N-dealkylation sites (tertiary alicyclic amines) is 1. The summed E-state index contributed by atoms with van der Waals surface area (Å²) in [4.78, 5) is 39.7. The van der Waals surface area contributed by atoms with Gasteiger partial charge >= 0.3 is 6.09 Å². The van der Waals surface area contributed by atoms with Crippen LogP contribution in [0, 0.1) is 0 Å². The van der Waals surface area contributed by atoms with Gasteiger partial charge in [0, 0.05) is 13.2 Å². The second-order valence-corrected chi connectivity index (χ2v) is 8.59. The van der Waals surface area contributed by atoms with E-state index >= 15 is 0 Å². The van der Waals surface area contributed by atoms with E-state index in [4.69, 9.17) is 9.47 Å². The van der Waals surface area contributed by atoms with Gasteiger partial charge in [0.1, 0.15) is 22.2 Å². The maximum Gasteiger partial charge on any atom is 0.415 e. The summed E-state index contributed by atoms with van der Waals surface area (Å²) in [5, 5.41) is 0.712. The van der Waals surface area contributed by atoms with Crippen LogP contribution >= 0.6 is 11.3 Å². The van der Waals surface area contributed by atoms with Gasteiger partial charge in [0.15, 0.2) is 10.3 Å². The largest absolute Gasteiger partial charge is 0.415 e.